The Morgan fingerprint density at radius 3 is 3.14 bits per heavy atom. The number of nitrogens with zero attached hydrogens (tertiary/aromatic N) is 1. The molecule has 0 radical (unpaired) electrons. The molecule has 1 N–H and O–H groups in total. The molecular weight excluding hydrogens is 282 g/mol. The number of methoxy groups -OCH3 is 1. The van der Waals surface area contributed by atoms with E-state index < -0.39 is 6.10 Å². The molecule has 0 unspecified atom stereocenters. The van der Waals surface area contributed by atoms with Crippen LogP contribution >= 0.6 is 0 Å². The molecule has 1 aromatic rings. The average Bonchev–Trinajstić information content (AvgIpc) is 2.76. The van der Waals surface area contributed by atoms with Crippen LogP contribution in [0.4, 0.5) is 0 Å². The smallest absolute Gasteiger partial charge is 0.210 e. The monoisotopic (exact) mass is 301 g/mol. The van der Waals surface area contributed by atoms with Crippen molar-refractivity contribution in [1.29, 1.82) is 0 Å². The van der Waals surface area contributed by atoms with Crippen molar-refractivity contribution in [3.63, 3.8) is 0 Å². The predicted octanol–water partition coefficient (Wildman–Crippen LogP) is 1.38. The van der Waals surface area contributed by atoms with Crippen molar-refractivity contribution in [2.24, 2.45) is 0 Å². The maximum Gasteiger partial charge on any atom is 0.210 e. The summed E-state index contributed by atoms with van der Waals surface area (Å²) in [7, 11) is 1.63. The first-order valence-corrected chi connectivity index (χ1v) is 7.62. The van der Waals surface area contributed by atoms with Gasteiger partial charge in [-0.2, -0.15) is 0 Å². The second kappa shape index (κ2) is 4.74. The van der Waals surface area contributed by atoms with Crippen molar-refractivity contribution in [3.8, 4) is 11.5 Å². The average molecular weight is 301 g/mol. The van der Waals surface area contributed by atoms with Crippen LogP contribution in [0.3, 0.4) is 0 Å². The third kappa shape index (κ3) is 1.72. The molecule has 1 spiro atoms. The first-order valence-electron chi connectivity index (χ1n) is 7.62. The maximum absolute atomic E-state index is 11.3. The lowest BCUT2D eigenvalue weighted by atomic mass is 9.69. The van der Waals surface area contributed by atoms with Gasteiger partial charge in [0.2, 0.25) is 6.41 Å². The van der Waals surface area contributed by atoms with E-state index >= 15 is 0 Å². The van der Waals surface area contributed by atoms with Gasteiger partial charge in [-0.05, 0) is 18.1 Å². The Balaban J connectivity index is 1.94. The minimum atomic E-state index is -0.482. The van der Waals surface area contributed by atoms with Gasteiger partial charge < -0.3 is 19.5 Å². The predicted molar refractivity (Wildman–Crippen MR) is 79.9 cm³/mol. The molecule has 0 bridgehead atoms. The van der Waals surface area contributed by atoms with Crippen LogP contribution in [-0.2, 0) is 16.8 Å². The molecular formula is C17H19NO4. The number of carbonyl (C=O) groups is 1. The fourth-order valence-electron chi connectivity index (χ4n) is 4.05. The second-order valence-corrected chi connectivity index (χ2v) is 6.27. The number of rotatable bonds is 2. The summed E-state index contributed by atoms with van der Waals surface area (Å²) in [5, 5.41) is 9.96. The van der Waals surface area contributed by atoms with Gasteiger partial charge >= 0.3 is 0 Å². The van der Waals surface area contributed by atoms with Gasteiger partial charge in [0.1, 0.15) is 6.10 Å². The molecule has 0 saturated carbocycles. The molecule has 3 aliphatic rings. The summed E-state index contributed by atoms with van der Waals surface area (Å²) in [6, 6.07) is 3.92. The minimum Gasteiger partial charge on any atom is -0.493 e. The molecule has 1 aromatic carbocycles. The van der Waals surface area contributed by atoms with Crippen LogP contribution in [-0.4, -0.2) is 42.3 Å². The van der Waals surface area contributed by atoms with E-state index in [0.717, 1.165) is 35.5 Å². The Kier molecular flexibility index (Phi) is 2.94. The standard InChI is InChI=1S/C17H19NO4/c1-21-13-3-2-11-9-18(10-19)7-6-17-5-4-12(20)8-14(17)22-16(13)15(11)17/h2-5,10,12,14,20H,6-9H2,1H3/t12-,14-,17-/m1/s1. The molecule has 1 aliphatic carbocycles. The zero-order chi connectivity index (χ0) is 15.3. The van der Waals surface area contributed by atoms with Crippen molar-refractivity contribution < 1.29 is 19.4 Å². The topological polar surface area (TPSA) is 59.0 Å². The number of hydrogen-bond acceptors (Lipinski definition) is 4. The first kappa shape index (κ1) is 13.6. The highest BCUT2D eigenvalue weighted by Gasteiger charge is 2.52. The van der Waals surface area contributed by atoms with E-state index in [2.05, 4.69) is 6.08 Å². The van der Waals surface area contributed by atoms with Crippen molar-refractivity contribution in [2.75, 3.05) is 13.7 Å². The number of amides is 1. The Morgan fingerprint density at radius 1 is 1.50 bits per heavy atom. The van der Waals surface area contributed by atoms with E-state index in [1.54, 1.807) is 12.0 Å². The fourth-order valence-corrected chi connectivity index (χ4v) is 4.05. The number of carbonyl (C=O) groups excluding carboxylic acids is 1. The first-order chi connectivity index (χ1) is 10.7. The molecule has 5 nitrogen and oxygen atoms in total. The van der Waals surface area contributed by atoms with Gasteiger partial charge in [0.05, 0.1) is 18.6 Å². The van der Waals surface area contributed by atoms with E-state index in [9.17, 15) is 9.90 Å². The Morgan fingerprint density at radius 2 is 2.36 bits per heavy atom. The highest BCUT2D eigenvalue weighted by Crippen LogP contribution is 2.55. The summed E-state index contributed by atoms with van der Waals surface area (Å²) in [6.07, 6.45) is 5.62. The van der Waals surface area contributed by atoms with Gasteiger partial charge in [0.25, 0.3) is 0 Å². The lowest BCUT2D eigenvalue weighted by Gasteiger charge is -2.35. The number of hydrogen-bond donors (Lipinski definition) is 1. The number of ether oxygens (including phenoxy) is 2. The second-order valence-electron chi connectivity index (χ2n) is 6.27. The Bertz CT molecular complexity index is 656. The van der Waals surface area contributed by atoms with Crippen molar-refractivity contribution in [2.45, 2.75) is 37.0 Å². The third-order valence-electron chi connectivity index (χ3n) is 5.13. The molecule has 1 amide bonds. The fraction of sp³-hybridized carbons (Fsp3) is 0.471. The maximum atomic E-state index is 11.3. The Labute approximate surface area is 129 Å². The van der Waals surface area contributed by atoms with Crippen LogP contribution in [0.25, 0.3) is 0 Å². The van der Waals surface area contributed by atoms with E-state index in [0.29, 0.717) is 19.5 Å². The molecule has 0 saturated heterocycles. The van der Waals surface area contributed by atoms with Crippen molar-refractivity contribution >= 4 is 6.41 Å². The van der Waals surface area contributed by atoms with Crippen LogP contribution in [0, 0.1) is 0 Å². The molecule has 0 fully saturated rings. The molecule has 2 heterocycles. The Hall–Kier alpha value is -2.01. The van der Waals surface area contributed by atoms with Crippen LogP contribution in [0.5, 0.6) is 11.5 Å². The quantitative estimate of drug-likeness (QED) is 0.662. The minimum absolute atomic E-state index is 0.107. The summed E-state index contributed by atoms with van der Waals surface area (Å²) in [4.78, 5) is 13.1. The van der Waals surface area contributed by atoms with Crippen molar-refractivity contribution in [1.82, 2.24) is 4.90 Å². The van der Waals surface area contributed by atoms with E-state index in [1.807, 2.05) is 18.2 Å². The lowest BCUT2D eigenvalue weighted by molar-refractivity contribution is -0.118. The van der Waals surface area contributed by atoms with Gasteiger partial charge in [-0.1, -0.05) is 18.2 Å². The summed E-state index contributed by atoms with van der Waals surface area (Å²) >= 11 is 0. The highest BCUT2D eigenvalue weighted by atomic mass is 16.5. The van der Waals surface area contributed by atoms with E-state index in [-0.39, 0.29) is 11.5 Å². The molecule has 0 aromatic heterocycles. The van der Waals surface area contributed by atoms with Crippen LogP contribution < -0.4 is 9.47 Å². The van der Waals surface area contributed by atoms with Crippen molar-refractivity contribution in [3.05, 3.63) is 35.4 Å². The molecule has 5 heteroatoms. The lowest BCUT2D eigenvalue weighted by Crippen LogP contribution is -2.42. The van der Waals surface area contributed by atoms with Gasteiger partial charge in [0.15, 0.2) is 11.5 Å². The van der Waals surface area contributed by atoms with Gasteiger partial charge in [-0.25, -0.2) is 0 Å². The number of benzene rings is 1. The molecule has 4 rings (SSSR count). The molecule has 2 aliphatic heterocycles. The summed E-state index contributed by atoms with van der Waals surface area (Å²) in [5.74, 6) is 1.49. The summed E-state index contributed by atoms with van der Waals surface area (Å²) in [5.41, 5.74) is 1.96. The largest absolute Gasteiger partial charge is 0.493 e. The molecule has 116 valence electrons. The number of aliphatic hydroxyl groups excluding tert-OH is 1. The number of aliphatic hydroxyl groups is 1. The summed E-state index contributed by atoms with van der Waals surface area (Å²) < 4.78 is 11.7. The van der Waals surface area contributed by atoms with E-state index in [1.165, 1.54) is 0 Å². The van der Waals surface area contributed by atoms with Crippen LogP contribution in [0.15, 0.2) is 24.3 Å². The van der Waals surface area contributed by atoms with Gasteiger partial charge in [-0.15, -0.1) is 0 Å². The normalized spacial score (nSPS) is 31.8. The SMILES string of the molecule is COc1ccc2c3c1O[C@@H]1C[C@H](O)C=C[C@]31CCN(C=O)C2. The van der Waals surface area contributed by atoms with E-state index in [4.69, 9.17) is 9.47 Å². The van der Waals surface area contributed by atoms with Crippen LogP contribution in [0.2, 0.25) is 0 Å². The highest BCUT2D eigenvalue weighted by molar-refractivity contribution is 5.62. The third-order valence-corrected chi connectivity index (χ3v) is 5.13. The van der Waals surface area contributed by atoms with Gasteiger partial charge in [-0.3, -0.25) is 4.79 Å². The molecule has 3 atom stereocenters. The molecule has 22 heavy (non-hydrogen) atoms. The zero-order valence-corrected chi connectivity index (χ0v) is 12.5. The van der Waals surface area contributed by atoms with Gasteiger partial charge in [0, 0.05) is 25.1 Å². The summed E-state index contributed by atoms with van der Waals surface area (Å²) in [6.45, 7) is 1.27. The van der Waals surface area contributed by atoms with Crippen LogP contribution in [0.1, 0.15) is 24.0 Å². The zero-order valence-electron chi connectivity index (χ0n) is 12.5.